The van der Waals surface area contributed by atoms with E-state index in [1.54, 1.807) is 30.0 Å². The Labute approximate surface area is 167 Å². The maximum absolute atomic E-state index is 13.7. The van der Waals surface area contributed by atoms with E-state index in [2.05, 4.69) is 0 Å². The lowest BCUT2D eigenvalue weighted by molar-refractivity contribution is -0.141. The van der Waals surface area contributed by atoms with Gasteiger partial charge in [-0.3, -0.25) is 9.69 Å². The second kappa shape index (κ2) is 8.79. The zero-order chi connectivity index (χ0) is 20.3. The van der Waals surface area contributed by atoms with Gasteiger partial charge < -0.3 is 14.7 Å². The molecule has 1 amide bonds. The molecule has 1 aromatic carbocycles. The maximum Gasteiger partial charge on any atom is 0.334 e. The summed E-state index contributed by atoms with van der Waals surface area (Å²) in [7, 11) is 0. The molecule has 1 aromatic rings. The minimum Gasteiger partial charge on any atom is -0.478 e. The molecule has 0 aromatic heterocycles. The van der Waals surface area contributed by atoms with Crippen molar-refractivity contribution >= 4 is 23.6 Å². The topological polar surface area (TPSA) is 70.1 Å². The average molecular weight is 406 g/mol. The molecule has 8 heteroatoms. The number of carboxylic acids is 1. The molecule has 0 radical (unpaired) electrons. The molecule has 2 aliphatic heterocycles. The fourth-order valence-electron chi connectivity index (χ4n) is 3.42. The average Bonchev–Trinajstić information content (AvgIpc) is 2.64. The standard InChI is InChI=1S/C20H23FN2O4S/c1-3-28-19-18(20(25)26)13(2)9-16(22-7-8-27-12-17(22)24)23(19)11-14-5-4-6-15(21)10-14/h4-6,9-10,19H,3,7-8,11-12H2,1-2H3,(H,25,26). The Morgan fingerprint density at radius 3 is 2.86 bits per heavy atom. The smallest absolute Gasteiger partial charge is 0.334 e. The first-order chi connectivity index (χ1) is 13.4. The van der Waals surface area contributed by atoms with Crippen molar-refractivity contribution in [2.45, 2.75) is 25.8 Å². The number of allylic oxidation sites excluding steroid dienone is 2. The van der Waals surface area contributed by atoms with Gasteiger partial charge in [0.1, 0.15) is 23.6 Å². The molecule has 1 saturated heterocycles. The van der Waals surface area contributed by atoms with Crippen molar-refractivity contribution in [1.82, 2.24) is 9.80 Å². The number of hydrogen-bond acceptors (Lipinski definition) is 5. The Bertz CT molecular complexity index is 839. The van der Waals surface area contributed by atoms with Crippen LogP contribution in [0.3, 0.4) is 0 Å². The molecule has 1 N–H and O–H groups in total. The molecule has 0 saturated carbocycles. The van der Waals surface area contributed by atoms with Crippen LogP contribution in [-0.4, -0.2) is 57.7 Å². The van der Waals surface area contributed by atoms with Gasteiger partial charge in [-0.05, 0) is 42.0 Å². The molecule has 1 fully saturated rings. The van der Waals surface area contributed by atoms with E-state index in [1.807, 2.05) is 11.8 Å². The number of carbonyl (C=O) groups is 2. The van der Waals surface area contributed by atoms with Gasteiger partial charge >= 0.3 is 5.97 Å². The highest BCUT2D eigenvalue weighted by Crippen LogP contribution is 2.36. The van der Waals surface area contributed by atoms with Crippen molar-refractivity contribution in [3.05, 3.63) is 58.7 Å². The van der Waals surface area contributed by atoms with Crippen molar-refractivity contribution in [3.8, 4) is 0 Å². The van der Waals surface area contributed by atoms with Crippen LogP contribution < -0.4 is 0 Å². The van der Waals surface area contributed by atoms with Crippen molar-refractivity contribution in [2.75, 3.05) is 25.5 Å². The number of ether oxygens (including phenoxy) is 1. The Morgan fingerprint density at radius 1 is 1.43 bits per heavy atom. The Morgan fingerprint density at radius 2 is 2.21 bits per heavy atom. The van der Waals surface area contributed by atoms with E-state index in [0.717, 1.165) is 0 Å². The van der Waals surface area contributed by atoms with Gasteiger partial charge in [0.05, 0.1) is 18.7 Å². The maximum atomic E-state index is 13.7. The van der Waals surface area contributed by atoms with E-state index in [9.17, 15) is 19.1 Å². The minimum atomic E-state index is -0.990. The summed E-state index contributed by atoms with van der Waals surface area (Å²) in [4.78, 5) is 27.9. The normalized spacial score (nSPS) is 20.5. The van der Waals surface area contributed by atoms with Gasteiger partial charge in [-0.25, -0.2) is 9.18 Å². The third-order valence-corrected chi connectivity index (χ3v) is 5.79. The molecule has 3 rings (SSSR count). The van der Waals surface area contributed by atoms with Crippen LogP contribution in [0.5, 0.6) is 0 Å². The summed E-state index contributed by atoms with van der Waals surface area (Å²) in [5, 5.41) is 9.31. The predicted molar refractivity (Wildman–Crippen MR) is 105 cm³/mol. The van der Waals surface area contributed by atoms with Crippen molar-refractivity contribution in [1.29, 1.82) is 0 Å². The summed E-state index contributed by atoms with van der Waals surface area (Å²) >= 11 is 1.48. The van der Waals surface area contributed by atoms with Gasteiger partial charge in [0.15, 0.2) is 0 Å². The van der Waals surface area contributed by atoms with Crippen molar-refractivity contribution in [2.24, 2.45) is 0 Å². The second-order valence-electron chi connectivity index (χ2n) is 6.57. The monoisotopic (exact) mass is 406 g/mol. The number of carboxylic acid groups (broad SMARTS) is 1. The number of thioether (sulfide) groups is 1. The van der Waals surface area contributed by atoms with Gasteiger partial charge in [-0.15, -0.1) is 11.8 Å². The van der Waals surface area contributed by atoms with Gasteiger partial charge in [0.2, 0.25) is 0 Å². The summed E-state index contributed by atoms with van der Waals surface area (Å²) in [5.41, 5.74) is 1.61. The highest BCUT2D eigenvalue weighted by atomic mass is 32.2. The fraction of sp³-hybridized carbons (Fsp3) is 0.400. The molecule has 2 heterocycles. The molecule has 1 atom stereocenters. The third-order valence-electron chi connectivity index (χ3n) is 4.65. The molecular formula is C20H23FN2O4S. The number of amides is 1. The summed E-state index contributed by atoms with van der Waals surface area (Å²) in [5.74, 6) is -0.193. The first kappa shape index (κ1) is 20.4. The van der Waals surface area contributed by atoms with E-state index in [1.165, 1.54) is 23.9 Å². The van der Waals surface area contributed by atoms with Gasteiger partial charge in [-0.2, -0.15) is 0 Å². The Balaban J connectivity index is 2.06. The van der Waals surface area contributed by atoms with E-state index in [4.69, 9.17) is 4.74 Å². The molecule has 28 heavy (non-hydrogen) atoms. The highest BCUT2D eigenvalue weighted by Gasteiger charge is 2.37. The Hall–Kier alpha value is -2.32. The number of benzene rings is 1. The summed E-state index contributed by atoms with van der Waals surface area (Å²) in [6, 6.07) is 6.21. The number of nitrogens with zero attached hydrogens (tertiary/aromatic N) is 2. The number of morpholine rings is 1. The first-order valence-electron chi connectivity index (χ1n) is 9.09. The Kier molecular flexibility index (Phi) is 6.41. The molecule has 150 valence electrons. The number of carbonyl (C=O) groups excluding carboxylic acids is 1. The van der Waals surface area contributed by atoms with Gasteiger partial charge in [0, 0.05) is 6.54 Å². The van der Waals surface area contributed by atoms with E-state index >= 15 is 0 Å². The van der Waals surface area contributed by atoms with Crippen LogP contribution in [0, 0.1) is 5.82 Å². The summed E-state index contributed by atoms with van der Waals surface area (Å²) in [6.45, 7) is 4.79. The molecule has 0 bridgehead atoms. The third kappa shape index (κ3) is 4.23. The molecular weight excluding hydrogens is 383 g/mol. The van der Waals surface area contributed by atoms with Crippen molar-refractivity contribution < 1.29 is 23.8 Å². The van der Waals surface area contributed by atoms with E-state index in [0.29, 0.717) is 35.9 Å². The van der Waals surface area contributed by atoms with Crippen LogP contribution in [0.1, 0.15) is 19.4 Å². The molecule has 2 aliphatic rings. The summed E-state index contributed by atoms with van der Waals surface area (Å²) < 4.78 is 19.0. The first-order valence-corrected chi connectivity index (χ1v) is 10.1. The molecule has 6 nitrogen and oxygen atoms in total. The SMILES string of the molecule is CCSC1C(C(=O)O)=C(C)C=C(N2CCOCC2=O)N1Cc1cccc(F)c1. The van der Waals surface area contributed by atoms with Crippen molar-refractivity contribution in [3.63, 3.8) is 0 Å². The lowest BCUT2D eigenvalue weighted by Crippen LogP contribution is -2.50. The quantitative estimate of drug-likeness (QED) is 0.784. The van der Waals surface area contributed by atoms with Gasteiger partial charge in [0.25, 0.3) is 5.91 Å². The predicted octanol–water partition coefficient (Wildman–Crippen LogP) is 2.82. The van der Waals surface area contributed by atoms with Crippen LogP contribution >= 0.6 is 11.8 Å². The lowest BCUT2D eigenvalue weighted by atomic mass is 10.0. The fourth-order valence-corrected chi connectivity index (χ4v) is 4.55. The van der Waals surface area contributed by atoms with Crippen LogP contribution in [-0.2, 0) is 20.9 Å². The van der Waals surface area contributed by atoms with Gasteiger partial charge in [-0.1, -0.05) is 19.1 Å². The minimum absolute atomic E-state index is 0.00865. The number of rotatable bonds is 6. The van der Waals surface area contributed by atoms with Crippen LogP contribution in [0.2, 0.25) is 0 Å². The second-order valence-corrected chi connectivity index (χ2v) is 7.93. The number of halogens is 1. The summed E-state index contributed by atoms with van der Waals surface area (Å²) in [6.07, 6.45) is 1.73. The van der Waals surface area contributed by atoms with Crippen LogP contribution in [0.25, 0.3) is 0 Å². The lowest BCUT2D eigenvalue weighted by Gasteiger charge is -2.43. The number of hydrogen-bond donors (Lipinski definition) is 1. The van der Waals surface area contributed by atoms with E-state index in [-0.39, 0.29) is 30.4 Å². The largest absolute Gasteiger partial charge is 0.478 e. The molecule has 0 spiro atoms. The number of aliphatic carboxylic acids is 1. The van der Waals surface area contributed by atoms with Crippen LogP contribution in [0.4, 0.5) is 4.39 Å². The van der Waals surface area contributed by atoms with E-state index < -0.39 is 11.3 Å². The molecule has 0 aliphatic carbocycles. The molecule has 1 unspecified atom stereocenters. The highest BCUT2D eigenvalue weighted by molar-refractivity contribution is 8.00. The van der Waals surface area contributed by atoms with Crippen LogP contribution in [0.15, 0.2) is 47.3 Å². The zero-order valence-corrected chi connectivity index (χ0v) is 16.7. The zero-order valence-electron chi connectivity index (χ0n) is 15.9.